The first-order valence-electron chi connectivity index (χ1n) is 5.73. The van der Waals surface area contributed by atoms with Gasteiger partial charge in [-0.3, -0.25) is 4.79 Å². The van der Waals surface area contributed by atoms with E-state index in [0.29, 0.717) is 5.92 Å². The molecule has 1 unspecified atom stereocenters. The summed E-state index contributed by atoms with van der Waals surface area (Å²) in [6, 6.07) is -0.200. The van der Waals surface area contributed by atoms with Gasteiger partial charge in [0.25, 0.3) is 0 Å². The highest BCUT2D eigenvalue weighted by atomic mass is 32.2. The van der Waals surface area contributed by atoms with E-state index < -0.39 is 21.7 Å². The van der Waals surface area contributed by atoms with E-state index in [-0.39, 0.29) is 19.2 Å². The molecule has 17 heavy (non-hydrogen) atoms. The van der Waals surface area contributed by atoms with Gasteiger partial charge in [0, 0.05) is 19.6 Å². The number of nitrogens with zero attached hydrogens (tertiary/aromatic N) is 1. The molecular weight excluding hydrogens is 244 g/mol. The summed E-state index contributed by atoms with van der Waals surface area (Å²) < 4.78 is 29.7. The number of nitrogens with two attached hydrogens (primary N) is 1. The topological polar surface area (TPSA) is 89.7 Å². The van der Waals surface area contributed by atoms with Crippen molar-refractivity contribution in [1.29, 1.82) is 0 Å². The largest absolute Gasteiger partial charge is 0.465 e. The predicted molar refractivity (Wildman–Crippen MR) is 63.7 cm³/mol. The Morgan fingerprint density at radius 1 is 1.53 bits per heavy atom. The number of likely N-dealkylation sites (N-methyl/N-ethyl adjacent to an activating group) is 1. The fourth-order valence-corrected chi connectivity index (χ4v) is 3.03. The zero-order valence-electron chi connectivity index (χ0n) is 10.3. The summed E-state index contributed by atoms with van der Waals surface area (Å²) in [5.74, 6) is -0.992. The zero-order valence-corrected chi connectivity index (χ0v) is 11.1. The first kappa shape index (κ1) is 14.4. The van der Waals surface area contributed by atoms with Gasteiger partial charge in [0.15, 0.2) is 5.75 Å². The Kier molecular flexibility index (Phi) is 4.91. The molecule has 1 aliphatic rings. The third-order valence-corrected chi connectivity index (χ3v) is 4.67. The molecule has 0 saturated heterocycles. The molecule has 0 aromatic rings. The number of esters is 1. The van der Waals surface area contributed by atoms with Gasteiger partial charge in [-0.25, -0.2) is 8.42 Å². The Labute approximate surface area is 102 Å². The van der Waals surface area contributed by atoms with Crippen molar-refractivity contribution in [3.05, 3.63) is 0 Å². The molecule has 0 aromatic carbocycles. The van der Waals surface area contributed by atoms with E-state index in [0.717, 1.165) is 12.8 Å². The van der Waals surface area contributed by atoms with Crippen LogP contribution in [0.2, 0.25) is 0 Å². The van der Waals surface area contributed by atoms with Gasteiger partial charge in [0.05, 0.1) is 6.61 Å². The second-order valence-electron chi connectivity index (χ2n) is 4.22. The number of ether oxygens (including phenoxy) is 1. The molecule has 0 bridgehead atoms. The van der Waals surface area contributed by atoms with Gasteiger partial charge in [0.2, 0.25) is 10.0 Å². The standard InChI is InChI=1S/C10H20N2O4S/c1-3-16-10(13)7-17(14,15)12(2)9(6-11)8-4-5-8/h8-9H,3-7,11H2,1-2H3. The number of hydrogen-bond donors (Lipinski definition) is 1. The van der Waals surface area contributed by atoms with E-state index >= 15 is 0 Å². The van der Waals surface area contributed by atoms with Crippen molar-refractivity contribution in [2.24, 2.45) is 11.7 Å². The maximum atomic E-state index is 11.9. The van der Waals surface area contributed by atoms with Crippen LogP contribution in [0.3, 0.4) is 0 Å². The van der Waals surface area contributed by atoms with Crippen molar-refractivity contribution in [3.8, 4) is 0 Å². The maximum absolute atomic E-state index is 11.9. The van der Waals surface area contributed by atoms with Crippen LogP contribution in [-0.2, 0) is 19.6 Å². The van der Waals surface area contributed by atoms with E-state index in [1.807, 2.05) is 0 Å². The summed E-state index contributed by atoms with van der Waals surface area (Å²) in [5, 5.41) is 0. The van der Waals surface area contributed by atoms with E-state index in [1.54, 1.807) is 6.92 Å². The highest BCUT2D eigenvalue weighted by molar-refractivity contribution is 7.89. The van der Waals surface area contributed by atoms with Gasteiger partial charge in [-0.15, -0.1) is 0 Å². The molecule has 0 amide bonds. The minimum atomic E-state index is -3.62. The van der Waals surface area contributed by atoms with E-state index in [2.05, 4.69) is 4.74 Å². The maximum Gasteiger partial charge on any atom is 0.322 e. The van der Waals surface area contributed by atoms with Crippen LogP contribution in [0.15, 0.2) is 0 Å². The van der Waals surface area contributed by atoms with Crippen LogP contribution >= 0.6 is 0 Å². The summed E-state index contributed by atoms with van der Waals surface area (Å²) in [6.45, 7) is 2.10. The molecule has 1 rings (SSSR count). The molecule has 0 heterocycles. The molecule has 0 aliphatic heterocycles. The smallest absolute Gasteiger partial charge is 0.322 e. The zero-order chi connectivity index (χ0) is 13.1. The lowest BCUT2D eigenvalue weighted by atomic mass is 10.2. The first-order chi connectivity index (χ1) is 7.92. The molecule has 100 valence electrons. The predicted octanol–water partition coefficient (Wildman–Crippen LogP) is -0.452. The molecule has 0 spiro atoms. The summed E-state index contributed by atoms with van der Waals surface area (Å²) in [6.07, 6.45) is 2.00. The van der Waals surface area contributed by atoms with Crippen molar-refractivity contribution < 1.29 is 17.9 Å². The molecule has 1 fully saturated rings. The van der Waals surface area contributed by atoms with Gasteiger partial charge in [-0.2, -0.15) is 4.31 Å². The monoisotopic (exact) mass is 264 g/mol. The summed E-state index contributed by atoms with van der Waals surface area (Å²) >= 11 is 0. The van der Waals surface area contributed by atoms with Crippen LogP contribution in [0.1, 0.15) is 19.8 Å². The molecule has 7 heteroatoms. The fraction of sp³-hybridized carbons (Fsp3) is 0.900. The van der Waals surface area contributed by atoms with Gasteiger partial charge in [-0.1, -0.05) is 0 Å². The molecule has 0 radical (unpaired) electrons. The quantitative estimate of drug-likeness (QED) is 0.629. The van der Waals surface area contributed by atoms with Gasteiger partial charge in [-0.05, 0) is 25.7 Å². The number of hydrogen-bond acceptors (Lipinski definition) is 5. The normalized spacial score (nSPS) is 18.1. The van der Waals surface area contributed by atoms with Gasteiger partial charge in [0.1, 0.15) is 0 Å². The lowest BCUT2D eigenvalue weighted by Crippen LogP contribution is -2.45. The van der Waals surface area contributed by atoms with Crippen LogP contribution in [-0.4, -0.2) is 50.7 Å². The van der Waals surface area contributed by atoms with E-state index in [1.165, 1.54) is 11.4 Å². The molecule has 1 atom stereocenters. The first-order valence-corrected chi connectivity index (χ1v) is 7.34. The Balaban J connectivity index is 2.64. The van der Waals surface area contributed by atoms with Gasteiger partial charge >= 0.3 is 5.97 Å². The Morgan fingerprint density at radius 2 is 2.12 bits per heavy atom. The van der Waals surface area contributed by atoms with Crippen LogP contribution < -0.4 is 5.73 Å². The van der Waals surface area contributed by atoms with Crippen LogP contribution in [0, 0.1) is 5.92 Å². The van der Waals surface area contributed by atoms with Crippen LogP contribution in [0.5, 0.6) is 0 Å². The number of rotatable bonds is 7. The van der Waals surface area contributed by atoms with Crippen molar-refractivity contribution in [2.75, 3.05) is 26.0 Å². The molecule has 1 saturated carbocycles. The number of carbonyl (C=O) groups is 1. The highest BCUT2D eigenvalue weighted by Gasteiger charge is 2.38. The Hall–Kier alpha value is -0.660. The van der Waals surface area contributed by atoms with Crippen molar-refractivity contribution in [3.63, 3.8) is 0 Å². The van der Waals surface area contributed by atoms with Crippen molar-refractivity contribution >= 4 is 16.0 Å². The summed E-state index contributed by atoms with van der Waals surface area (Å²) in [5.41, 5.74) is 5.58. The molecule has 0 aromatic heterocycles. The SMILES string of the molecule is CCOC(=O)CS(=O)(=O)N(C)C(CN)C1CC1. The van der Waals surface area contributed by atoms with Crippen molar-refractivity contribution in [2.45, 2.75) is 25.8 Å². The average Bonchev–Trinajstić information content (AvgIpc) is 3.02. The van der Waals surface area contributed by atoms with E-state index in [4.69, 9.17) is 5.73 Å². The average molecular weight is 264 g/mol. The second-order valence-corrected chi connectivity index (χ2v) is 6.25. The third kappa shape index (κ3) is 3.93. The van der Waals surface area contributed by atoms with Gasteiger partial charge < -0.3 is 10.5 Å². The summed E-state index contributed by atoms with van der Waals surface area (Å²) in [4.78, 5) is 11.2. The van der Waals surface area contributed by atoms with Crippen molar-refractivity contribution in [1.82, 2.24) is 4.31 Å². The van der Waals surface area contributed by atoms with E-state index in [9.17, 15) is 13.2 Å². The molecular formula is C10H20N2O4S. The Morgan fingerprint density at radius 3 is 2.53 bits per heavy atom. The lowest BCUT2D eigenvalue weighted by molar-refractivity contribution is -0.140. The molecule has 1 aliphatic carbocycles. The number of sulfonamides is 1. The molecule has 2 N–H and O–H groups in total. The lowest BCUT2D eigenvalue weighted by Gasteiger charge is -2.25. The van der Waals surface area contributed by atoms with Crippen LogP contribution in [0.25, 0.3) is 0 Å². The van der Waals surface area contributed by atoms with Crippen LogP contribution in [0.4, 0.5) is 0 Å². The third-order valence-electron chi connectivity index (χ3n) is 2.92. The Bertz CT molecular complexity index is 365. The fourth-order valence-electron chi connectivity index (χ4n) is 1.78. The second kappa shape index (κ2) is 5.79. The minimum Gasteiger partial charge on any atom is -0.465 e. The molecule has 6 nitrogen and oxygen atoms in total. The summed E-state index contributed by atoms with van der Waals surface area (Å²) in [7, 11) is -2.14. The highest BCUT2D eigenvalue weighted by Crippen LogP contribution is 2.35. The minimum absolute atomic E-state index is 0.182. The number of carbonyl (C=O) groups excluding carboxylic acids is 1.